The summed E-state index contributed by atoms with van der Waals surface area (Å²) in [4.78, 5) is 0. The van der Waals surface area contributed by atoms with Crippen molar-refractivity contribution in [2.45, 2.75) is 18.4 Å². The van der Waals surface area contributed by atoms with Crippen molar-refractivity contribution in [3.05, 3.63) is 33.8 Å². The molecule has 1 aromatic carbocycles. The van der Waals surface area contributed by atoms with Crippen molar-refractivity contribution in [1.82, 2.24) is 0 Å². The van der Waals surface area contributed by atoms with Gasteiger partial charge in [-0.15, -0.1) is 0 Å². The van der Waals surface area contributed by atoms with Gasteiger partial charge in [0.15, 0.2) is 0 Å². The number of hydrogen-bond acceptors (Lipinski definition) is 1. The number of benzene rings is 1. The molecule has 0 heterocycles. The minimum absolute atomic E-state index is 0.279. The monoisotopic (exact) mass is 201 g/mol. The minimum atomic E-state index is 0.279. The normalized spacial score (nSPS) is 27.2. The topological polar surface area (TPSA) is 26.0 Å². The first kappa shape index (κ1) is 8.36. The Balaban J connectivity index is 2.36. The van der Waals surface area contributed by atoms with Crippen molar-refractivity contribution in [1.29, 1.82) is 0 Å². The molecule has 12 heavy (non-hydrogen) atoms. The molecule has 0 aromatic heterocycles. The smallest absolute Gasteiger partial charge is 0.0442 e. The molecule has 2 atom stereocenters. The Hall–Kier alpha value is -0.240. The van der Waals surface area contributed by atoms with E-state index in [1.807, 2.05) is 12.1 Å². The zero-order chi connectivity index (χ0) is 8.72. The molecular formula is C9H9Cl2N. The van der Waals surface area contributed by atoms with Gasteiger partial charge in [-0.05, 0) is 30.2 Å². The van der Waals surface area contributed by atoms with Crippen LogP contribution in [0.2, 0.25) is 10.0 Å². The van der Waals surface area contributed by atoms with E-state index in [-0.39, 0.29) is 6.04 Å². The van der Waals surface area contributed by atoms with Gasteiger partial charge < -0.3 is 5.73 Å². The Morgan fingerprint density at radius 2 is 2.00 bits per heavy atom. The van der Waals surface area contributed by atoms with Crippen LogP contribution in [0.4, 0.5) is 0 Å². The summed E-state index contributed by atoms with van der Waals surface area (Å²) in [5, 5.41) is 1.51. The predicted molar refractivity (Wildman–Crippen MR) is 51.8 cm³/mol. The van der Waals surface area contributed by atoms with Gasteiger partial charge >= 0.3 is 0 Å². The molecule has 0 bridgehead atoms. The fourth-order valence-electron chi connectivity index (χ4n) is 1.37. The fourth-order valence-corrected chi connectivity index (χ4v) is 1.81. The largest absolute Gasteiger partial charge is 0.327 e. The Labute approximate surface area is 81.5 Å². The fraction of sp³-hybridized carbons (Fsp3) is 0.333. The van der Waals surface area contributed by atoms with Crippen molar-refractivity contribution in [2.75, 3.05) is 0 Å². The van der Waals surface area contributed by atoms with Gasteiger partial charge in [0.05, 0.1) is 0 Å². The summed E-state index contributed by atoms with van der Waals surface area (Å²) in [6.07, 6.45) is 1.03. The third kappa shape index (κ3) is 1.45. The van der Waals surface area contributed by atoms with Crippen LogP contribution in [0.5, 0.6) is 0 Å². The van der Waals surface area contributed by atoms with Gasteiger partial charge in [0.25, 0.3) is 0 Å². The van der Waals surface area contributed by atoms with E-state index in [2.05, 4.69) is 0 Å². The SMILES string of the molecule is N[C@@H]1C[C@@H]1c1cc(Cl)ccc1Cl. The summed E-state index contributed by atoms with van der Waals surface area (Å²) < 4.78 is 0. The van der Waals surface area contributed by atoms with Gasteiger partial charge in [-0.2, -0.15) is 0 Å². The first-order valence-electron chi connectivity index (χ1n) is 3.89. The van der Waals surface area contributed by atoms with Crippen LogP contribution in [-0.4, -0.2) is 6.04 Å². The van der Waals surface area contributed by atoms with E-state index >= 15 is 0 Å². The Morgan fingerprint density at radius 1 is 1.33 bits per heavy atom. The van der Waals surface area contributed by atoms with Gasteiger partial charge in [0.2, 0.25) is 0 Å². The molecule has 0 radical (unpaired) electrons. The van der Waals surface area contributed by atoms with E-state index in [9.17, 15) is 0 Å². The third-order valence-corrected chi connectivity index (χ3v) is 2.78. The van der Waals surface area contributed by atoms with E-state index in [0.717, 1.165) is 22.0 Å². The van der Waals surface area contributed by atoms with E-state index in [4.69, 9.17) is 28.9 Å². The summed E-state index contributed by atoms with van der Waals surface area (Å²) in [5.41, 5.74) is 6.81. The average molecular weight is 202 g/mol. The molecule has 1 saturated carbocycles. The molecule has 0 unspecified atom stereocenters. The Kier molecular flexibility index (Phi) is 2.03. The molecule has 1 aromatic rings. The maximum absolute atomic E-state index is 5.98. The Bertz CT molecular complexity index is 311. The second kappa shape index (κ2) is 2.91. The van der Waals surface area contributed by atoms with E-state index in [0.29, 0.717) is 5.92 Å². The second-order valence-corrected chi connectivity index (χ2v) is 4.02. The molecule has 1 aliphatic carbocycles. The molecule has 1 aliphatic rings. The van der Waals surface area contributed by atoms with Crippen molar-refractivity contribution in [3.8, 4) is 0 Å². The van der Waals surface area contributed by atoms with Crippen LogP contribution >= 0.6 is 23.2 Å². The second-order valence-electron chi connectivity index (χ2n) is 3.17. The molecule has 3 heteroatoms. The number of halogens is 2. The molecule has 0 saturated heterocycles. The first-order valence-corrected chi connectivity index (χ1v) is 4.64. The lowest BCUT2D eigenvalue weighted by atomic mass is 10.1. The van der Waals surface area contributed by atoms with Crippen molar-refractivity contribution in [2.24, 2.45) is 5.73 Å². The van der Waals surface area contributed by atoms with Crippen LogP contribution in [0, 0.1) is 0 Å². The van der Waals surface area contributed by atoms with E-state index in [1.54, 1.807) is 6.07 Å². The summed E-state index contributed by atoms with van der Waals surface area (Å²) in [6, 6.07) is 5.80. The number of rotatable bonds is 1. The Morgan fingerprint density at radius 3 is 2.58 bits per heavy atom. The van der Waals surface area contributed by atoms with Gasteiger partial charge in [-0.1, -0.05) is 23.2 Å². The van der Waals surface area contributed by atoms with Gasteiger partial charge in [0.1, 0.15) is 0 Å². The van der Waals surface area contributed by atoms with Crippen LogP contribution in [0.15, 0.2) is 18.2 Å². The van der Waals surface area contributed by atoms with Crippen LogP contribution in [-0.2, 0) is 0 Å². The van der Waals surface area contributed by atoms with Crippen molar-refractivity contribution in [3.63, 3.8) is 0 Å². The van der Waals surface area contributed by atoms with Crippen LogP contribution < -0.4 is 5.73 Å². The lowest BCUT2D eigenvalue weighted by Gasteiger charge is -2.02. The average Bonchev–Trinajstić information content (AvgIpc) is 2.73. The molecule has 0 amide bonds. The number of hydrogen-bond donors (Lipinski definition) is 1. The van der Waals surface area contributed by atoms with Crippen molar-refractivity contribution < 1.29 is 0 Å². The standard InChI is InChI=1S/C9H9Cl2N/c10-5-1-2-8(11)6(3-5)7-4-9(7)12/h1-3,7,9H,4,12H2/t7-,9-/m1/s1. The zero-order valence-electron chi connectivity index (χ0n) is 6.43. The minimum Gasteiger partial charge on any atom is -0.327 e. The van der Waals surface area contributed by atoms with E-state index in [1.165, 1.54) is 0 Å². The lowest BCUT2D eigenvalue weighted by Crippen LogP contribution is -2.01. The zero-order valence-corrected chi connectivity index (χ0v) is 7.94. The molecule has 2 rings (SSSR count). The maximum Gasteiger partial charge on any atom is 0.0442 e. The van der Waals surface area contributed by atoms with Crippen LogP contribution in [0.1, 0.15) is 17.9 Å². The van der Waals surface area contributed by atoms with Gasteiger partial charge in [-0.3, -0.25) is 0 Å². The highest BCUT2D eigenvalue weighted by molar-refractivity contribution is 6.33. The highest BCUT2D eigenvalue weighted by atomic mass is 35.5. The van der Waals surface area contributed by atoms with Crippen LogP contribution in [0.25, 0.3) is 0 Å². The maximum atomic E-state index is 5.98. The third-order valence-electron chi connectivity index (χ3n) is 2.20. The van der Waals surface area contributed by atoms with Crippen LogP contribution in [0.3, 0.4) is 0 Å². The molecule has 0 spiro atoms. The van der Waals surface area contributed by atoms with Gasteiger partial charge in [0, 0.05) is 22.0 Å². The molecule has 64 valence electrons. The summed E-state index contributed by atoms with van der Waals surface area (Å²) in [7, 11) is 0. The first-order chi connectivity index (χ1) is 5.68. The molecule has 0 aliphatic heterocycles. The summed E-state index contributed by atoms with van der Waals surface area (Å²) >= 11 is 11.8. The summed E-state index contributed by atoms with van der Waals surface area (Å²) in [5.74, 6) is 0.427. The molecule has 1 fully saturated rings. The highest BCUT2D eigenvalue weighted by Gasteiger charge is 2.36. The quantitative estimate of drug-likeness (QED) is 0.744. The molecule has 2 N–H and O–H groups in total. The number of nitrogens with two attached hydrogens (primary N) is 1. The van der Waals surface area contributed by atoms with E-state index < -0.39 is 0 Å². The van der Waals surface area contributed by atoms with Gasteiger partial charge in [-0.25, -0.2) is 0 Å². The van der Waals surface area contributed by atoms with Crippen molar-refractivity contribution >= 4 is 23.2 Å². The lowest BCUT2D eigenvalue weighted by molar-refractivity contribution is 0.991. The predicted octanol–water partition coefficient (Wildman–Crippen LogP) is 2.81. The molecular weight excluding hydrogens is 193 g/mol. The molecule has 1 nitrogen and oxygen atoms in total. The highest BCUT2D eigenvalue weighted by Crippen LogP contribution is 2.42. The summed E-state index contributed by atoms with van der Waals surface area (Å²) in [6.45, 7) is 0.